The van der Waals surface area contributed by atoms with Gasteiger partial charge in [0.2, 0.25) is 0 Å². The third-order valence-corrected chi connectivity index (χ3v) is 2.39. The molecule has 1 aromatic carbocycles. The lowest BCUT2D eigenvalue weighted by Gasteiger charge is -2.08. The van der Waals surface area contributed by atoms with Crippen molar-refractivity contribution in [3.05, 3.63) is 48.2 Å². The fourth-order valence-electron chi connectivity index (χ4n) is 1.52. The number of ether oxygens (including phenoxy) is 1. The molecule has 5 nitrogen and oxygen atoms in total. The van der Waals surface area contributed by atoms with Crippen LogP contribution in [0.2, 0.25) is 0 Å². The summed E-state index contributed by atoms with van der Waals surface area (Å²) >= 11 is 0. The van der Waals surface area contributed by atoms with E-state index in [2.05, 4.69) is 10.3 Å². The van der Waals surface area contributed by atoms with E-state index >= 15 is 0 Å². The van der Waals surface area contributed by atoms with Crippen LogP contribution < -0.4 is 15.8 Å². The van der Waals surface area contributed by atoms with Crippen LogP contribution in [0.4, 0.5) is 11.5 Å². The standard InChI is InChI=1S/C14H14N4O/c15-6-7-19-13-3-1-2-12(8-13)18-14-5-4-11(9-16)10-17-14/h1-5,8,10H,6-7,15H2,(H,17,18). The highest BCUT2D eigenvalue weighted by atomic mass is 16.5. The van der Waals surface area contributed by atoms with Crippen molar-refractivity contribution in [3.63, 3.8) is 0 Å². The highest BCUT2D eigenvalue weighted by molar-refractivity contribution is 5.58. The van der Waals surface area contributed by atoms with Crippen LogP contribution in [0.3, 0.4) is 0 Å². The molecule has 19 heavy (non-hydrogen) atoms. The van der Waals surface area contributed by atoms with Gasteiger partial charge >= 0.3 is 0 Å². The zero-order valence-electron chi connectivity index (χ0n) is 10.3. The molecule has 1 heterocycles. The van der Waals surface area contributed by atoms with Crippen molar-refractivity contribution in [2.45, 2.75) is 0 Å². The molecule has 0 aliphatic rings. The largest absolute Gasteiger partial charge is 0.492 e. The summed E-state index contributed by atoms with van der Waals surface area (Å²) < 4.78 is 5.44. The summed E-state index contributed by atoms with van der Waals surface area (Å²) in [5, 5.41) is 11.8. The Morgan fingerprint density at radius 3 is 2.89 bits per heavy atom. The normalized spacial score (nSPS) is 9.68. The third kappa shape index (κ3) is 3.69. The predicted molar refractivity (Wildman–Crippen MR) is 73.2 cm³/mol. The second kappa shape index (κ2) is 6.38. The summed E-state index contributed by atoms with van der Waals surface area (Å²) in [6.45, 7) is 0.966. The van der Waals surface area contributed by atoms with E-state index in [4.69, 9.17) is 15.7 Å². The lowest BCUT2D eigenvalue weighted by Crippen LogP contribution is -2.10. The van der Waals surface area contributed by atoms with Gasteiger partial charge in [0.25, 0.3) is 0 Å². The number of aromatic nitrogens is 1. The predicted octanol–water partition coefficient (Wildman–Crippen LogP) is 2.03. The average molecular weight is 254 g/mol. The minimum atomic E-state index is 0.481. The lowest BCUT2D eigenvalue weighted by atomic mass is 10.3. The molecule has 3 N–H and O–H groups in total. The van der Waals surface area contributed by atoms with Gasteiger partial charge in [0, 0.05) is 24.5 Å². The molecule has 0 saturated heterocycles. The zero-order chi connectivity index (χ0) is 13.5. The van der Waals surface area contributed by atoms with E-state index < -0.39 is 0 Å². The van der Waals surface area contributed by atoms with Crippen molar-refractivity contribution in [3.8, 4) is 11.8 Å². The van der Waals surface area contributed by atoms with Gasteiger partial charge in [-0.3, -0.25) is 0 Å². The fraction of sp³-hybridized carbons (Fsp3) is 0.143. The molecule has 0 fully saturated rings. The van der Waals surface area contributed by atoms with Crippen LogP contribution in [-0.2, 0) is 0 Å². The Bertz CT molecular complexity index is 575. The number of hydrogen-bond acceptors (Lipinski definition) is 5. The molecule has 2 rings (SSSR count). The average Bonchev–Trinajstić information content (AvgIpc) is 2.46. The maximum Gasteiger partial charge on any atom is 0.130 e. The van der Waals surface area contributed by atoms with Gasteiger partial charge < -0.3 is 15.8 Å². The number of pyridine rings is 1. The maximum atomic E-state index is 8.70. The van der Waals surface area contributed by atoms with Gasteiger partial charge in [0.1, 0.15) is 24.2 Å². The SMILES string of the molecule is N#Cc1ccc(Nc2cccc(OCCN)c2)nc1. The number of rotatable bonds is 5. The first-order valence-corrected chi connectivity index (χ1v) is 5.88. The van der Waals surface area contributed by atoms with Crippen molar-refractivity contribution in [2.75, 3.05) is 18.5 Å². The van der Waals surface area contributed by atoms with E-state index in [0.29, 0.717) is 24.5 Å². The second-order valence-corrected chi connectivity index (χ2v) is 3.83. The Kier molecular flexibility index (Phi) is 4.32. The topological polar surface area (TPSA) is 84.0 Å². The van der Waals surface area contributed by atoms with Crippen LogP contribution in [0, 0.1) is 11.3 Å². The third-order valence-electron chi connectivity index (χ3n) is 2.39. The van der Waals surface area contributed by atoms with Gasteiger partial charge in [-0.05, 0) is 24.3 Å². The Labute approximate surface area is 111 Å². The molecular formula is C14H14N4O. The molecule has 0 saturated carbocycles. The highest BCUT2D eigenvalue weighted by Crippen LogP contribution is 2.20. The molecule has 96 valence electrons. The molecule has 0 aliphatic carbocycles. The van der Waals surface area contributed by atoms with E-state index in [1.54, 1.807) is 12.1 Å². The van der Waals surface area contributed by atoms with Crippen LogP contribution in [0.5, 0.6) is 5.75 Å². The molecular weight excluding hydrogens is 240 g/mol. The monoisotopic (exact) mass is 254 g/mol. The number of nitrogens with one attached hydrogen (secondary N) is 1. The summed E-state index contributed by atoms with van der Waals surface area (Å²) in [6, 6.07) is 13.0. The summed E-state index contributed by atoms with van der Waals surface area (Å²) in [6.07, 6.45) is 1.52. The quantitative estimate of drug-likeness (QED) is 0.853. The first-order valence-electron chi connectivity index (χ1n) is 5.88. The molecule has 0 radical (unpaired) electrons. The summed E-state index contributed by atoms with van der Waals surface area (Å²) in [5.41, 5.74) is 6.79. The Morgan fingerprint density at radius 1 is 1.32 bits per heavy atom. The number of benzene rings is 1. The van der Waals surface area contributed by atoms with Crippen molar-refractivity contribution in [1.29, 1.82) is 5.26 Å². The highest BCUT2D eigenvalue weighted by Gasteiger charge is 1.99. The van der Waals surface area contributed by atoms with Gasteiger partial charge in [-0.25, -0.2) is 4.98 Å². The molecule has 0 spiro atoms. The molecule has 5 heteroatoms. The molecule has 0 bridgehead atoms. The minimum absolute atomic E-state index is 0.481. The smallest absolute Gasteiger partial charge is 0.130 e. The van der Waals surface area contributed by atoms with Gasteiger partial charge in [-0.15, -0.1) is 0 Å². The Balaban J connectivity index is 2.07. The van der Waals surface area contributed by atoms with Crippen molar-refractivity contribution < 1.29 is 4.74 Å². The minimum Gasteiger partial charge on any atom is -0.492 e. The van der Waals surface area contributed by atoms with Crippen molar-refractivity contribution >= 4 is 11.5 Å². The van der Waals surface area contributed by atoms with Gasteiger partial charge in [-0.2, -0.15) is 5.26 Å². The summed E-state index contributed by atoms with van der Waals surface area (Å²) in [4.78, 5) is 4.14. The first kappa shape index (κ1) is 12.9. The van der Waals surface area contributed by atoms with Crippen LogP contribution in [-0.4, -0.2) is 18.1 Å². The van der Waals surface area contributed by atoms with E-state index in [0.717, 1.165) is 11.4 Å². The molecule has 2 aromatic rings. The van der Waals surface area contributed by atoms with Crippen LogP contribution in [0.25, 0.3) is 0 Å². The van der Waals surface area contributed by atoms with Crippen molar-refractivity contribution in [1.82, 2.24) is 4.98 Å². The zero-order valence-corrected chi connectivity index (χ0v) is 10.3. The van der Waals surface area contributed by atoms with Crippen LogP contribution in [0.1, 0.15) is 5.56 Å². The number of anilines is 2. The Hall–Kier alpha value is -2.58. The first-order chi connectivity index (χ1) is 9.31. The van der Waals surface area contributed by atoms with Crippen molar-refractivity contribution in [2.24, 2.45) is 5.73 Å². The number of nitrogens with zero attached hydrogens (tertiary/aromatic N) is 2. The van der Waals surface area contributed by atoms with Gasteiger partial charge in [-0.1, -0.05) is 6.07 Å². The molecule has 1 aromatic heterocycles. The molecule has 0 unspecified atom stereocenters. The lowest BCUT2D eigenvalue weighted by molar-refractivity contribution is 0.328. The van der Waals surface area contributed by atoms with E-state index in [1.807, 2.05) is 30.3 Å². The van der Waals surface area contributed by atoms with E-state index in [-0.39, 0.29) is 0 Å². The van der Waals surface area contributed by atoms with Crippen LogP contribution >= 0.6 is 0 Å². The summed E-state index contributed by atoms with van der Waals surface area (Å²) in [7, 11) is 0. The van der Waals surface area contributed by atoms with Gasteiger partial charge in [0.05, 0.1) is 5.56 Å². The van der Waals surface area contributed by atoms with Crippen LogP contribution in [0.15, 0.2) is 42.6 Å². The van der Waals surface area contributed by atoms with E-state index in [1.165, 1.54) is 6.20 Å². The molecule has 0 aliphatic heterocycles. The number of nitrogens with two attached hydrogens (primary N) is 1. The Morgan fingerprint density at radius 2 is 2.21 bits per heavy atom. The fourth-order valence-corrected chi connectivity index (χ4v) is 1.52. The number of hydrogen-bond donors (Lipinski definition) is 2. The second-order valence-electron chi connectivity index (χ2n) is 3.83. The van der Waals surface area contributed by atoms with E-state index in [9.17, 15) is 0 Å². The van der Waals surface area contributed by atoms with Gasteiger partial charge in [0.15, 0.2) is 0 Å². The maximum absolute atomic E-state index is 8.70. The summed E-state index contributed by atoms with van der Waals surface area (Å²) in [5.74, 6) is 1.43. The molecule has 0 amide bonds. The number of nitriles is 1. The molecule has 0 atom stereocenters.